The third-order valence-corrected chi connectivity index (χ3v) is 5.59. The van der Waals surface area contributed by atoms with E-state index in [9.17, 15) is 29.7 Å². The zero-order valence-corrected chi connectivity index (χ0v) is 19.1. The fraction of sp³-hybridized carbons (Fsp3) is 0.375. The van der Waals surface area contributed by atoms with Gasteiger partial charge in [-0.2, -0.15) is 0 Å². The average Bonchev–Trinajstić information content (AvgIpc) is 2.80. The van der Waals surface area contributed by atoms with Gasteiger partial charge in [0.25, 0.3) is 0 Å². The van der Waals surface area contributed by atoms with Crippen molar-refractivity contribution in [1.29, 1.82) is 0 Å². The molecule has 1 aliphatic heterocycles. The van der Waals surface area contributed by atoms with Crippen molar-refractivity contribution >= 4 is 23.4 Å². The number of aromatic hydroxyl groups is 1. The lowest BCUT2D eigenvalue weighted by molar-refractivity contribution is -0.142. The molecule has 0 saturated heterocycles. The van der Waals surface area contributed by atoms with Gasteiger partial charge in [-0.05, 0) is 66.8 Å². The Kier molecular flexibility index (Phi) is 9.40. The number of nitrogens with one attached hydrogen (secondary N) is 2. The standard InChI is InChI=1S/C24H32N4O6/c1-3-20(29)15-9-13(2)14-6-7-21(30)16(10-14)11-17(26)22(31)27-18(5-4-8-25)23(32)28-19(12-15)24(33)34/h3,6-7,9-10,17-19,29-30H,1,4-5,8,11-12,25-26H2,2H3,(H,27,31)(H,28,32)(H,33,34)/b13-9+,20-15-/t17?,18-,19?/m0/s1. The molecule has 1 aromatic carbocycles. The van der Waals surface area contributed by atoms with E-state index in [0.29, 0.717) is 23.1 Å². The van der Waals surface area contributed by atoms with Crippen LogP contribution in [0.5, 0.6) is 5.75 Å². The topological polar surface area (TPSA) is 188 Å². The lowest BCUT2D eigenvalue weighted by atomic mass is 9.96. The zero-order chi connectivity index (χ0) is 25.4. The summed E-state index contributed by atoms with van der Waals surface area (Å²) >= 11 is 0. The molecule has 2 amide bonds. The van der Waals surface area contributed by atoms with Crippen LogP contribution in [0.15, 0.2) is 48.3 Å². The predicted octanol–water partition coefficient (Wildman–Crippen LogP) is 0.860. The van der Waals surface area contributed by atoms with E-state index in [-0.39, 0.29) is 42.9 Å². The van der Waals surface area contributed by atoms with Gasteiger partial charge in [0, 0.05) is 12.8 Å². The highest BCUT2D eigenvalue weighted by Crippen LogP contribution is 2.26. The number of carbonyl (C=O) groups is 3. The van der Waals surface area contributed by atoms with Crippen LogP contribution in [0, 0.1) is 0 Å². The second-order valence-corrected chi connectivity index (χ2v) is 8.19. The summed E-state index contributed by atoms with van der Waals surface area (Å²) in [7, 11) is 0. The summed E-state index contributed by atoms with van der Waals surface area (Å²) in [5.41, 5.74) is 13.6. The van der Waals surface area contributed by atoms with Crippen LogP contribution in [0.1, 0.15) is 37.3 Å². The Hall–Kier alpha value is -3.63. The number of aliphatic hydroxyl groups excluding tert-OH is 1. The number of hydrogen-bond donors (Lipinski definition) is 7. The minimum atomic E-state index is -1.39. The maximum atomic E-state index is 12.9. The first-order valence-corrected chi connectivity index (χ1v) is 10.9. The van der Waals surface area contributed by atoms with E-state index in [2.05, 4.69) is 17.2 Å². The molecule has 1 aliphatic rings. The van der Waals surface area contributed by atoms with Gasteiger partial charge in [-0.15, -0.1) is 0 Å². The molecule has 184 valence electrons. The summed E-state index contributed by atoms with van der Waals surface area (Å²) in [6.45, 7) is 5.54. The van der Waals surface area contributed by atoms with Gasteiger partial charge in [0.2, 0.25) is 11.8 Å². The molecule has 2 rings (SSSR count). The summed E-state index contributed by atoms with van der Waals surface area (Å²) in [4.78, 5) is 37.6. The van der Waals surface area contributed by atoms with Crippen LogP contribution < -0.4 is 22.1 Å². The summed E-state index contributed by atoms with van der Waals surface area (Å²) in [6, 6.07) is 1.26. The van der Waals surface area contributed by atoms with Crippen molar-refractivity contribution in [3.8, 4) is 5.75 Å². The number of benzene rings is 1. The van der Waals surface area contributed by atoms with Crippen molar-refractivity contribution in [3.63, 3.8) is 0 Å². The van der Waals surface area contributed by atoms with Crippen molar-refractivity contribution in [2.24, 2.45) is 11.5 Å². The average molecular weight is 473 g/mol. The first kappa shape index (κ1) is 26.6. The molecule has 0 aliphatic carbocycles. The van der Waals surface area contributed by atoms with Crippen molar-refractivity contribution in [2.45, 2.75) is 50.7 Å². The van der Waals surface area contributed by atoms with Gasteiger partial charge < -0.3 is 37.4 Å². The SMILES string of the molecule is C=C/C(O)=C1\C=C(/C)c2ccc(O)c(c2)CC(N)C(=O)N[C@@H](CCCN)C(=O)NC(C(=O)O)C1. The number of carboxylic acids is 1. The van der Waals surface area contributed by atoms with Gasteiger partial charge in [0.1, 0.15) is 23.6 Å². The molecule has 2 unspecified atom stereocenters. The zero-order valence-electron chi connectivity index (χ0n) is 19.1. The second-order valence-electron chi connectivity index (χ2n) is 8.19. The van der Waals surface area contributed by atoms with Crippen molar-refractivity contribution in [2.75, 3.05) is 6.54 Å². The van der Waals surface area contributed by atoms with Gasteiger partial charge >= 0.3 is 5.97 Å². The molecule has 2 bridgehead atoms. The smallest absolute Gasteiger partial charge is 0.326 e. The molecule has 34 heavy (non-hydrogen) atoms. The Morgan fingerprint density at radius 1 is 1.21 bits per heavy atom. The van der Waals surface area contributed by atoms with E-state index in [1.165, 1.54) is 12.1 Å². The number of amides is 2. The highest BCUT2D eigenvalue weighted by atomic mass is 16.4. The number of phenols is 1. The Labute approximate surface area is 198 Å². The Morgan fingerprint density at radius 2 is 1.91 bits per heavy atom. The summed E-state index contributed by atoms with van der Waals surface area (Å²) in [6.07, 6.45) is 3.11. The number of carboxylic acid groups (broad SMARTS) is 1. The van der Waals surface area contributed by atoms with Crippen LogP contribution in [0.4, 0.5) is 0 Å². The van der Waals surface area contributed by atoms with Crippen LogP contribution in [0.3, 0.4) is 0 Å². The van der Waals surface area contributed by atoms with E-state index >= 15 is 0 Å². The number of rotatable bonds is 5. The fourth-order valence-corrected chi connectivity index (χ4v) is 3.60. The molecule has 9 N–H and O–H groups in total. The third kappa shape index (κ3) is 6.93. The van der Waals surface area contributed by atoms with Gasteiger partial charge in [0.05, 0.1) is 6.04 Å². The maximum absolute atomic E-state index is 12.9. The lowest BCUT2D eigenvalue weighted by Gasteiger charge is -2.23. The second kappa shape index (κ2) is 12.0. The van der Waals surface area contributed by atoms with E-state index < -0.39 is 35.9 Å². The highest BCUT2D eigenvalue weighted by molar-refractivity contribution is 5.92. The molecular formula is C24H32N4O6. The van der Waals surface area contributed by atoms with Gasteiger partial charge in [-0.1, -0.05) is 18.7 Å². The van der Waals surface area contributed by atoms with Gasteiger partial charge in [0.15, 0.2) is 0 Å². The number of fused-ring (bicyclic) bond motifs is 2. The number of carbonyl (C=O) groups excluding carboxylic acids is 2. The van der Waals surface area contributed by atoms with E-state index in [1.54, 1.807) is 25.1 Å². The fourth-order valence-electron chi connectivity index (χ4n) is 3.60. The van der Waals surface area contributed by atoms with Crippen LogP contribution in [0.25, 0.3) is 5.57 Å². The van der Waals surface area contributed by atoms with Crippen LogP contribution >= 0.6 is 0 Å². The molecule has 0 saturated carbocycles. The van der Waals surface area contributed by atoms with Gasteiger partial charge in [-0.3, -0.25) is 9.59 Å². The van der Waals surface area contributed by atoms with E-state index in [0.717, 1.165) is 0 Å². The number of allylic oxidation sites excluding steroid dienone is 3. The number of nitrogens with two attached hydrogens (primary N) is 2. The van der Waals surface area contributed by atoms with E-state index in [1.807, 2.05) is 0 Å². The highest BCUT2D eigenvalue weighted by Gasteiger charge is 2.29. The summed E-state index contributed by atoms with van der Waals surface area (Å²) in [5, 5.41) is 35.4. The molecule has 0 radical (unpaired) electrons. The maximum Gasteiger partial charge on any atom is 0.326 e. The Bertz CT molecular complexity index is 1020. The molecule has 0 spiro atoms. The molecule has 10 nitrogen and oxygen atoms in total. The van der Waals surface area contributed by atoms with Crippen LogP contribution in [0.2, 0.25) is 0 Å². The first-order chi connectivity index (χ1) is 16.1. The number of aliphatic hydroxyl groups is 1. The Balaban J connectivity index is 2.62. The number of phenolic OH excluding ortho intramolecular Hbond substituents is 1. The normalized spacial score (nSPS) is 25.0. The van der Waals surface area contributed by atoms with Crippen LogP contribution in [-0.2, 0) is 20.8 Å². The summed E-state index contributed by atoms with van der Waals surface area (Å²) < 4.78 is 0. The van der Waals surface area contributed by atoms with Crippen molar-refractivity contribution in [1.82, 2.24) is 10.6 Å². The number of hydrogen-bond acceptors (Lipinski definition) is 7. The predicted molar refractivity (Wildman–Crippen MR) is 128 cm³/mol. The molecule has 0 fully saturated rings. The monoisotopic (exact) mass is 472 g/mol. The Morgan fingerprint density at radius 3 is 2.53 bits per heavy atom. The first-order valence-electron chi connectivity index (χ1n) is 10.9. The molecule has 1 aromatic rings. The molecule has 0 aromatic heterocycles. The minimum Gasteiger partial charge on any atom is -0.508 e. The van der Waals surface area contributed by atoms with Gasteiger partial charge in [-0.25, -0.2) is 4.79 Å². The molecular weight excluding hydrogens is 440 g/mol. The lowest BCUT2D eigenvalue weighted by Crippen LogP contribution is -2.54. The molecule has 3 atom stereocenters. The summed E-state index contributed by atoms with van der Waals surface area (Å²) in [5.74, 6) is -2.93. The number of aliphatic carboxylic acids is 1. The quantitative estimate of drug-likeness (QED) is 0.307. The largest absolute Gasteiger partial charge is 0.508 e. The molecule has 1 heterocycles. The van der Waals surface area contributed by atoms with Crippen LogP contribution in [-0.4, -0.2) is 57.8 Å². The van der Waals surface area contributed by atoms with Crippen molar-refractivity contribution < 1.29 is 29.7 Å². The minimum absolute atomic E-state index is 0.00235. The van der Waals surface area contributed by atoms with Crippen molar-refractivity contribution in [3.05, 3.63) is 59.4 Å². The molecule has 10 heteroatoms. The van der Waals surface area contributed by atoms with E-state index in [4.69, 9.17) is 11.5 Å². The third-order valence-electron chi connectivity index (χ3n) is 5.59.